The maximum Gasteiger partial charge on any atom is 0.258 e. The van der Waals surface area contributed by atoms with Gasteiger partial charge in [0.1, 0.15) is 5.82 Å². The molecule has 3 aromatic rings. The number of para-hydroxylation sites is 1. The molecule has 7 nitrogen and oxygen atoms in total. The number of rotatable bonds is 6. The first-order valence-corrected chi connectivity index (χ1v) is 12.2. The summed E-state index contributed by atoms with van der Waals surface area (Å²) in [5.74, 6) is 0.603. The zero-order valence-corrected chi connectivity index (χ0v) is 18.7. The third-order valence-corrected chi connectivity index (χ3v) is 7.86. The first kappa shape index (κ1) is 21.7. The smallest absolute Gasteiger partial charge is 0.258 e. The lowest BCUT2D eigenvalue weighted by Gasteiger charge is -2.37. The highest BCUT2D eigenvalue weighted by Gasteiger charge is 2.31. The Bertz CT molecular complexity index is 1210. The second-order valence-electron chi connectivity index (χ2n) is 7.98. The van der Waals surface area contributed by atoms with Crippen molar-refractivity contribution in [1.29, 1.82) is 0 Å². The Morgan fingerprint density at radius 2 is 1.71 bits per heavy atom. The van der Waals surface area contributed by atoms with Crippen LogP contribution in [0.5, 0.6) is 0 Å². The van der Waals surface area contributed by atoms with E-state index in [0.717, 1.165) is 18.4 Å². The Morgan fingerprint density at radius 1 is 1.03 bits per heavy atom. The quantitative estimate of drug-likeness (QED) is 0.637. The van der Waals surface area contributed by atoms with Gasteiger partial charge in [0, 0.05) is 26.2 Å². The van der Waals surface area contributed by atoms with Gasteiger partial charge in [0.2, 0.25) is 10.0 Å². The Hall–Kier alpha value is -2.55. The van der Waals surface area contributed by atoms with Crippen LogP contribution in [0.4, 0.5) is 0 Å². The van der Waals surface area contributed by atoms with Crippen LogP contribution in [-0.2, 0) is 16.4 Å². The molecule has 1 N–H and O–H groups in total. The van der Waals surface area contributed by atoms with Gasteiger partial charge in [-0.25, -0.2) is 13.4 Å². The number of fused-ring (bicyclic) bond motifs is 1. The number of nitrogens with zero attached hydrogens (tertiary/aromatic N) is 3. The van der Waals surface area contributed by atoms with E-state index in [9.17, 15) is 13.2 Å². The molecule has 0 aliphatic carbocycles. The predicted octanol–water partition coefficient (Wildman–Crippen LogP) is 2.94. The molecule has 0 bridgehead atoms. The van der Waals surface area contributed by atoms with Crippen molar-refractivity contribution in [3.8, 4) is 0 Å². The van der Waals surface area contributed by atoms with Gasteiger partial charge in [-0.05, 0) is 43.2 Å². The van der Waals surface area contributed by atoms with Crippen molar-refractivity contribution in [1.82, 2.24) is 19.2 Å². The van der Waals surface area contributed by atoms with Crippen LogP contribution in [0.1, 0.15) is 37.7 Å². The summed E-state index contributed by atoms with van der Waals surface area (Å²) in [4.78, 5) is 22.4. The minimum absolute atomic E-state index is 0.115. The highest BCUT2D eigenvalue weighted by Crippen LogP contribution is 2.23. The number of hydrogen-bond acceptors (Lipinski definition) is 5. The summed E-state index contributed by atoms with van der Waals surface area (Å²) in [5.41, 5.74) is 1.66. The molecule has 1 atom stereocenters. The minimum atomic E-state index is -3.51. The fourth-order valence-electron chi connectivity index (χ4n) is 4.07. The van der Waals surface area contributed by atoms with Crippen molar-refractivity contribution < 1.29 is 8.42 Å². The Labute approximate surface area is 182 Å². The van der Waals surface area contributed by atoms with Gasteiger partial charge in [-0.3, -0.25) is 9.69 Å². The lowest BCUT2D eigenvalue weighted by molar-refractivity contribution is 0.141. The molecule has 0 radical (unpaired) electrons. The molecular formula is C23H28N4O3S. The van der Waals surface area contributed by atoms with Crippen molar-refractivity contribution in [3.63, 3.8) is 0 Å². The number of sulfonamides is 1. The van der Waals surface area contributed by atoms with Crippen LogP contribution < -0.4 is 5.56 Å². The lowest BCUT2D eigenvalue weighted by Crippen LogP contribution is -2.49. The van der Waals surface area contributed by atoms with E-state index in [2.05, 4.69) is 21.8 Å². The molecule has 0 unspecified atom stereocenters. The van der Waals surface area contributed by atoms with Crippen molar-refractivity contribution in [2.45, 2.75) is 37.6 Å². The Kier molecular flexibility index (Phi) is 6.22. The second kappa shape index (κ2) is 8.90. The van der Waals surface area contributed by atoms with Crippen molar-refractivity contribution in [3.05, 3.63) is 70.3 Å². The van der Waals surface area contributed by atoms with Crippen LogP contribution in [0.3, 0.4) is 0 Å². The van der Waals surface area contributed by atoms with Crippen molar-refractivity contribution in [2.75, 3.05) is 26.2 Å². The standard InChI is InChI=1S/C23H28N4O3S/c1-3-6-18-9-11-19(12-10-18)31(29,30)27-15-13-26(14-16-27)17(2)22-24-21-8-5-4-7-20(21)23(28)25-22/h4-5,7-12,17H,3,6,13-16H2,1-2H3,(H,24,25,28)/t17-/m0/s1. The number of nitrogens with one attached hydrogen (secondary N) is 1. The van der Waals surface area contributed by atoms with Gasteiger partial charge in [0.25, 0.3) is 5.56 Å². The molecule has 4 rings (SSSR count). The molecule has 1 fully saturated rings. The molecule has 0 amide bonds. The van der Waals surface area contributed by atoms with Gasteiger partial charge >= 0.3 is 0 Å². The van der Waals surface area contributed by atoms with Gasteiger partial charge in [-0.15, -0.1) is 0 Å². The number of H-pyrrole nitrogens is 1. The van der Waals surface area contributed by atoms with E-state index in [1.807, 2.05) is 37.3 Å². The summed E-state index contributed by atoms with van der Waals surface area (Å²) in [6, 6.07) is 14.4. The van der Waals surface area contributed by atoms with Crippen molar-refractivity contribution >= 4 is 20.9 Å². The third kappa shape index (κ3) is 4.42. The van der Waals surface area contributed by atoms with Gasteiger partial charge in [0.05, 0.1) is 21.8 Å². The lowest BCUT2D eigenvalue weighted by atomic mass is 10.1. The number of benzene rings is 2. The third-order valence-electron chi connectivity index (χ3n) is 5.95. The van der Waals surface area contributed by atoms with E-state index in [4.69, 9.17) is 0 Å². The van der Waals surface area contributed by atoms with E-state index in [0.29, 0.717) is 47.8 Å². The number of hydrogen-bond donors (Lipinski definition) is 1. The zero-order valence-electron chi connectivity index (χ0n) is 17.9. The largest absolute Gasteiger partial charge is 0.309 e. The van der Waals surface area contributed by atoms with Crippen LogP contribution in [0, 0.1) is 0 Å². The number of aromatic nitrogens is 2. The molecule has 1 aliphatic rings. The first-order valence-electron chi connectivity index (χ1n) is 10.7. The Morgan fingerprint density at radius 3 is 2.39 bits per heavy atom. The molecule has 2 heterocycles. The van der Waals surface area contributed by atoms with Gasteiger partial charge in [-0.2, -0.15) is 4.31 Å². The van der Waals surface area contributed by atoms with Crippen LogP contribution in [0.25, 0.3) is 10.9 Å². The van der Waals surface area contributed by atoms with Crippen molar-refractivity contribution in [2.24, 2.45) is 0 Å². The number of piperazine rings is 1. The SMILES string of the molecule is CCCc1ccc(S(=O)(=O)N2CCN([C@@H](C)c3nc4ccccc4c(=O)[nH]3)CC2)cc1. The first-order chi connectivity index (χ1) is 14.9. The van der Waals surface area contributed by atoms with E-state index in [-0.39, 0.29) is 11.6 Å². The highest BCUT2D eigenvalue weighted by molar-refractivity contribution is 7.89. The highest BCUT2D eigenvalue weighted by atomic mass is 32.2. The molecule has 8 heteroatoms. The topological polar surface area (TPSA) is 86.4 Å². The number of aromatic amines is 1. The fraction of sp³-hybridized carbons (Fsp3) is 0.391. The summed E-state index contributed by atoms with van der Waals surface area (Å²) in [5, 5.41) is 0.569. The van der Waals surface area contributed by atoms with Gasteiger partial charge < -0.3 is 4.98 Å². The van der Waals surface area contributed by atoms with Crippen LogP contribution in [-0.4, -0.2) is 53.8 Å². The van der Waals surface area contributed by atoms with E-state index in [1.54, 1.807) is 22.5 Å². The average molecular weight is 441 g/mol. The zero-order chi connectivity index (χ0) is 22.0. The normalized spacial score (nSPS) is 17.1. The maximum atomic E-state index is 13.0. The molecule has 164 valence electrons. The van der Waals surface area contributed by atoms with Crippen LogP contribution in [0.15, 0.2) is 58.2 Å². The number of aryl methyl sites for hydroxylation is 1. The molecular weight excluding hydrogens is 412 g/mol. The summed E-state index contributed by atoms with van der Waals surface area (Å²) in [6.45, 7) is 6.05. The van der Waals surface area contributed by atoms with E-state index >= 15 is 0 Å². The van der Waals surface area contributed by atoms with E-state index < -0.39 is 10.0 Å². The summed E-state index contributed by atoms with van der Waals surface area (Å²) < 4.78 is 27.6. The molecule has 1 aromatic heterocycles. The molecule has 2 aromatic carbocycles. The van der Waals surface area contributed by atoms with Gasteiger partial charge in [0.15, 0.2) is 0 Å². The monoisotopic (exact) mass is 440 g/mol. The molecule has 1 aliphatic heterocycles. The summed E-state index contributed by atoms with van der Waals surface area (Å²) in [6.07, 6.45) is 1.98. The maximum absolute atomic E-state index is 13.0. The Balaban J connectivity index is 1.46. The van der Waals surface area contributed by atoms with Gasteiger partial charge in [-0.1, -0.05) is 37.6 Å². The van der Waals surface area contributed by atoms with Crippen LogP contribution >= 0.6 is 0 Å². The molecule has 31 heavy (non-hydrogen) atoms. The minimum Gasteiger partial charge on any atom is -0.309 e. The molecule has 1 saturated heterocycles. The van der Waals surface area contributed by atoms with Crippen LogP contribution in [0.2, 0.25) is 0 Å². The second-order valence-corrected chi connectivity index (χ2v) is 9.92. The summed E-state index contributed by atoms with van der Waals surface area (Å²) >= 11 is 0. The predicted molar refractivity (Wildman–Crippen MR) is 122 cm³/mol. The summed E-state index contributed by atoms with van der Waals surface area (Å²) in [7, 11) is -3.51. The molecule has 0 spiro atoms. The fourth-order valence-corrected chi connectivity index (χ4v) is 5.49. The average Bonchev–Trinajstić information content (AvgIpc) is 2.79. The van der Waals surface area contributed by atoms with E-state index in [1.165, 1.54) is 0 Å². The molecule has 0 saturated carbocycles.